The molecule has 2 N–H and O–H groups in total. The summed E-state index contributed by atoms with van der Waals surface area (Å²) in [7, 11) is 0. The van der Waals surface area contributed by atoms with Crippen molar-refractivity contribution in [3.05, 3.63) is 29.3 Å². The molecule has 0 bridgehead atoms. The van der Waals surface area contributed by atoms with Gasteiger partial charge in [0.15, 0.2) is 0 Å². The van der Waals surface area contributed by atoms with E-state index in [1.165, 1.54) is 6.92 Å². The largest absolute Gasteiger partial charge is 0.402 e. The summed E-state index contributed by atoms with van der Waals surface area (Å²) in [6.07, 6.45) is -4.28. The third kappa shape index (κ3) is 3.92. The number of aryl methyl sites for hydroxylation is 2. The van der Waals surface area contributed by atoms with Crippen LogP contribution >= 0.6 is 11.8 Å². The summed E-state index contributed by atoms with van der Waals surface area (Å²) in [5.74, 6) is 0. The van der Waals surface area contributed by atoms with Gasteiger partial charge in [0.2, 0.25) is 0 Å². The van der Waals surface area contributed by atoms with Crippen molar-refractivity contribution in [3.63, 3.8) is 0 Å². The monoisotopic (exact) mass is 263 g/mol. The molecule has 0 aromatic heterocycles. The molecule has 0 amide bonds. The number of rotatable bonds is 3. The number of hydrogen-bond donors (Lipinski definition) is 1. The van der Waals surface area contributed by atoms with Gasteiger partial charge in [0.25, 0.3) is 0 Å². The van der Waals surface area contributed by atoms with Crippen molar-refractivity contribution < 1.29 is 13.2 Å². The highest BCUT2D eigenvalue weighted by Crippen LogP contribution is 2.38. The molecule has 0 aliphatic rings. The second-order valence-corrected chi connectivity index (χ2v) is 5.39. The zero-order chi connectivity index (χ0) is 13.2. The Morgan fingerprint density at radius 3 is 2.29 bits per heavy atom. The molecule has 0 saturated heterocycles. The van der Waals surface area contributed by atoms with E-state index in [0.717, 1.165) is 22.9 Å². The van der Waals surface area contributed by atoms with Crippen LogP contribution in [0.25, 0.3) is 0 Å². The van der Waals surface area contributed by atoms with Gasteiger partial charge in [-0.15, -0.1) is 11.8 Å². The highest BCUT2D eigenvalue weighted by atomic mass is 32.2. The first-order valence-corrected chi connectivity index (χ1v) is 6.16. The summed E-state index contributed by atoms with van der Waals surface area (Å²) in [6.45, 7) is 5.05. The summed E-state index contributed by atoms with van der Waals surface area (Å²) in [6, 6.07) is 4.54. The standard InChI is InChI=1S/C12H16F3NS/c1-7-4-5-8(2)10(6-7)17-11(9(3)16)12(13,14)15/h4-6,9,11H,16H2,1-3H3. The van der Waals surface area contributed by atoms with Crippen LogP contribution in [-0.2, 0) is 0 Å². The smallest absolute Gasteiger partial charge is 0.327 e. The average Bonchev–Trinajstić information content (AvgIpc) is 2.17. The molecule has 0 aliphatic heterocycles. The predicted octanol–water partition coefficient (Wildman–Crippen LogP) is 3.67. The molecule has 2 unspecified atom stereocenters. The van der Waals surface area contributed by atoms with E-state index >= 15 is 0 Å². The molecule has 96 valence electrons. The Kier molecular flexibility index (Phi) is 4.49. The summed E-state index contributed by atoms with van der Waals surface area (Å²) in [5.41, 5.74) is 7.21. The molecule has 1 aromatic rings. The third-order valence-electron chi connectivity index (χ3n) is 2.40. The number of hydrogen-bond acceptors (Lipinski definition) is 2. The van der Waals surface area contributed by atoms with E-state index in [1.807, 2.05) is 19.1 Å². The van der Waals surface area contributed by atoms with Gasteiger partial charge in [0.05, 0.1) is 0 Å². The fourth-order valence-electron chi connectivity index (χ4n) is 1.44. The molecule has 2 atom stereocenters. The Balaban J connectivity index is 2.98. The van der Waals surface area contributed by atoms with E-state index in [2.05, 4.69) is 0 Å². The van der Waals surface area contributed by atoms with Crippen molar-refractivity contribution in [2.45, 2.75) is 43.1 Å². The lowest BCUT2D eigenvalue weighted by molar-refractivity contribution is -0.131. The molecule has 1 rings (SSSR count). The Morgan fingerprint density at radius 2 is 1.82 bits per heavy atom. The van der Waals surface area contributed by atoms with Crippen molar-refractivity contribution in [2.24, 2.45) is 5.73 Å². The van der Waals surface area contributed by atoms with Gasteiger partial charge < -0.3 is 5.73 Å². The van der Waals surface area contributed by atoms with Crippen LogP contribution in [0, 0.1) is 13.8 Å². The lowest BCUT2D eigenvalue weighted by Crippen LogP contribution is -2.40. The van der Waals surface area contributed by atoms with Gasteiger partial charge in [0, 0.05) is 10.9 Å². The first-order valence-electron chi connectivity index (χ1n) is 5.28. The van der Waals surface area contributed by atoms with E-state index in [9.17, 15) is 13.2 Å². The van der Waals surface area contributed by atoms with E-state index in [0.29, 0.717) is 4.90 Å². The van der Waals surface area contributed by atoms with E-state index in [1.54, 1.807) is 13.0 Å². The molecule has 17 heavy (non-hydrogen) atoms. The second kappa shape index (κ2) is 5.31. The van der Waals surface area contributed by atoms with Crippen LogP contribution in [0.3, 0.4) is 0 Å². The van der Waals surface area contributed by atoms with Crippen LogP contribution in [0.5, 0.6) is 0 Å². The van der Waals surface area contributed by atoms with Crippen LogP contribution in [0.15, 0.2) is 23.1 Å². The lowest BCUT2D eigenvalue weighted by atomic mass is 10.2. The van der Waals surface area contributed by atoms with Crippen molar-refractivity contribution in [3.8, 4) is 0 Å². The highest BCUT2D eigenvalue weighted by molar-refractivity contribution is 8.00. The Labute approximate surface area is 104 Å². The number of thioether (sulfide) groups is 1. The minimum atomic E-state index is -4.28. The van der Waals surface area contributed by atoms with Crippen LogP contribution in [0.2, 0.25) is 0 Å². The Bertz CT molecular complexity index is 388. The highest BCUT2D eigenvalue weighted by Gasteiger charge is 2.42. The SMILES string of the molecule is Cc1ccc(C)c(SC(C(C)N)C(F)(F)F)c1. The molecule has 0 fully saturated rings. The summed E-state index contributed by atoms with van der Waals surface area (Å²) >= 11 is 0.795. The fourth-order valence-corrected chi connectivity index (χ4v) is 2.57. The van der Waals surface area contributed by atoms with Crippen molar-refractivity contribution in [1.29, 1.82) is 0 Å². The van der Waals surface area contributed by atoms with Gasteiger partial charge in [0.1, 0.15) is 5.25 Å². The van der Waals surface area contributed by atoms with Gasteiger partial charge in [-0.1, -0.05) is 17.7 Å². The third-order valence-corrected chi connectivity index (χ3v) is 4.04. The van der Waals surface area contributed by atoms with Crippen molar-refractivity contribution in [2.75, 3.05) is 0 Å². The quantitative estimate of drug-likeness (QED) is 0.842. The van der Waals surface area contributed by atoms with Gasteiger partial charge in [-0.05, 0) is 32.4 Å². The number of alkyl halides is 3. The van der Waals surface area contributed by atoms with E-state index < -0.39 is 17.5 Å². The zero-order valence-electron chi connectivity index (χ0n) is 10.0. The van der Waals surface area contributed by atoms with Gasteiger partial charge in [-0.2, -0.15) is 13.2 Å². The first-order chi connectivity index (χ1) is 7.71. The number of halogens is 3. The van der Waals surface area contributed by atoms with Crippen LogP contribution in [0.4, 0.5) is 13.2 Å². The minimum absolute atomic E-state index is 0.643. The fraction of sp³-hybridized carbons (Fsp3) is 0.500. The normalized spacial score (nSPS) is 15.7. The molecule has 1 nitrogen and oxygen atoms in total. The minimum Gasteiger partial charge on any atom is -0.327 e. The summed E-state index contributed by atoms with van der Waals surface area (Å²) < 4.78 is 38.4. The van der Waals surface area contributed by atoms with Crippen LogP contribution in [-0.4, -0.2) is 17.5 Å². The summed E-state index contributed by atoms with van der Waals surface area (Å²) in [5, 5.41) is -1.57. The first kappa shape index (κ1) is 14.4. The van der Waals surface area contributed by atoms with Crippen molar-refractivity contribution >= 4 is 11.8 Å². The maximum atomic E-state index is 12.8. The topological polar surface area (TPSA) is 26.0 Å². The van der Waals surface area contributed by atoms with Gasteiger partial charge in [-0.25, -0.2) is 0 Å². The second-order valence-electron chi connectivity index (χ2n) is 4.21. The molecule has 0 radical (unpaired) electrons. The van der Waals surface area contributed by atoms with Gasteiger partial charge in [-0.3, -0.25) is 0 Å². The average molecular weight is 263 g/mol. The molecule has 0 saturated carbocycles. The Hall–Kier alpha value is -0.680. The molecule has 5 heteroatoms. The Morgan fingerprint density at radius 1 is 1.24 bits per heavy atom. The zero-order valence-corrected chi connectivity index (χ0v) is 10.8. The van der Waals surface area contributed by atoms with Crippen LogP contribution < -0.4 is 5.73 Å². The maximum absolute atomic E-state index is 12.8. The number of nitrogens with two attached hydrogens (primary N) is 1. The molecule has 1 aromatic carbocycles. The van der Waals surface area contributed by atoms with Gasteiger partial charge >= 0.3 is 6.18 Å². The molecule has 0 aliphatic carbocycles. The molecular weight excluding hydrogens is 247 g/mol. The molecule has 0 spiro atoms. The predicted molar refractivity (Wildman–Crippen MR) is 65.3 cm³/mol. The van der Waals surface area contributed by atoms with Crippen LogP contribution in [0.1, 0.15) is 18.1 Å². The van der Waals surface area contributed by atoms with E-state index in [4.69, 9.17) is 5.73 Å². The molecule has 0 heterocycles. The van der Waals surface area contributed by atoms with Crippen molar-refractivity contribution in [1.82, 2.24) is 0 Å². The summed E-state index contributed by atoms with van der Waals surface area (Å²) in [4.78, 5) is 0.643. The number of benzene rings is 1. The molecular formula is C12H16F3NS. The van der Waals surface area contributed by atoms with E-state index in [-0.39, 0.29) is 0 Å². The lowest BCUT2D eigenvalue weighted by Gasteiger charge is -2.23. The maximum Gasteiger partial charge on any atom is 0.402 e.